The minimum absolute atomic E-state index is 0.449. The minimum Gasteiger partial charge on any atom is -0.475 e. The molecule has 4 aromatic rings. The summed E-state index contributed by atoms with van der Waals surface area (Å²) in [5.41, 5.74) is 5.37. The van der Waals surface area contributed by atoms with E-state index in [1.165, 1.54) is 11.1 Å². The van der Waals surface area contributed by atoms with Gasteiger partial charge in [-0.2, -0.15) is 23.3 Å². The molecule has 0 fully saturated rings. The van der Waals surface area contributed by atoms with Crippen LogP contribution in [0.3, 0.4) is 0 Å². The van der Waals surface area contributed by atoms with Gasteiger partial charge in [0.2, 0.25) is 11.7 Å². The number of carboxylic acids is 1. The largest absolute Gasteiger partial charge is 0.490 e. The van der Waals surface area contributed by atoms with Gasteiger partial charge in [-0.1, -0.05) is 23.4 Å². The van der Waals surface area contributed by atoms with Gasteiger partial charge in [-0.25, -0.2) is 4.79 Å². The molecule has 0 saturated heterocycles. The average Bonchev–Trinajstić information content (AvgIpc) is 3.40. The third-order valence-corrected chi connectivity index (χ3v) is 5.02. The summed E-state index contributed by atoms with van der Waals surface area (Å²) in [5.74, 6) is -1.60. The Hall–Kier alpha value is -3.80. The van der Waals surface area contributed by atoms with Crippen LogP contribution in [-0.2, 0) is 24.3 Å². The summed E-state index contributed by atoms with van der Waals surface area (Å²) >= 11 is 0. The van der Waals surface area contributed by atoms with Gasteiger partial charge in [0, 0.05) is 35.6 Å². The van der Waals surface area contributed by atoms with Crippen LogP contribution in [0.25, 0.3) is 22.3 Å². The molecule has 0 atom stereocenters. The van der Waals surface area contributed by atoms with Gasteiger partial charge in [0.1, 0.15) is 6.54 Å². The normalized spacial score (nSPS) is 13.3. The maximum absolute atomic E-state index is 10.6. The van der Waals surface area contributed by atoms with E-state index in [1.807, 2.05) is 48.3 Å². The Morgan fingerprint density at radius 1 is 1.30 bits per heavy atom. The molecule has 5 rings (SSSR count). The van der Waals surface area contributed by atoms with Crippen molar-refractivity contribution in [2.75, 3.05) is 6.54 Å². The highest BCUT2D eigenvalue weighted by Gasteiger charge is 2.38. The first-order valence-electron chi connectivity index (χ1n) is 9.95. The van der Waals surface area contributed by atoms with Crippen LogP contribution in [0.5, 0.6) is 0 Å². The molecule has 33 heavy (non-hydrogen) atoms. The molecule has 0 aliphatic carbocycles. The molecule has 1 aromatic carbocycles. The van der Waals surface area contributed by atoms with Gasteiger partial charge in [-0.3, -0.25) is 9.67 Å². The SMILES string of the molecule is Cc1ncc2c(c1-c1noc(Cn3cc4ccccc4n3)n1)CCNC2.O=C(O)C(F)(F)F. The lowest BCUT2D eigenvalue weighted by Gasteiger charge is -2.19. The number of halogens is 3. The van der Waals surface area contributed by atoms with Crippen LogP contribution in [0.2, 0.25) is 0 Å². The molecule has 0 saturated carbocycles. The first-order valence-corrected chi connectivity index (χ1v) is 9.95. The van der Waals surface area contributed by atoms with Crippen molar-refractivity contribution in [2.24, 2.45) is 0 Å². The van der Waals surface area contributed by atoms with Gasteiger partial charge < -0.3 is 14.9 Å². The summed E-state index contributed by atoms with van der Waals surface area (Å²) in [6, 6.07) is 8.01. The first kappa shape index (κ1) is 22.4. The average molecular weight is 460 g/mol. The number of aliphatic carboxylic acids is 1. The number of hydrogen-bond acceptors (Lipinski definition) is 7. The van der Waals surface area contributed by atoms with Crippen molar-refractivity contribution in [1.29, 1.82) is 0 Å². The summed E-state index contributed by atoms with van der Waals surface area (Å²) in [7, 11) is 0. The molecular formula is C21H19F3N6O3. The second-order valence-electron chi connectivity index (χ2n) is 7.35. The summed E-state index contributed by atoms with van der Waals surface area (Å²) in [6.07, 6.45) is -0.207. The van der Waals surface area contributed by atoms with Crippen LogP contribution in [0.4, 0.5) is 13.2 Å². The predicted molar refractivity (Wildman–Crippen MR) is 110 cm³/mol. The van der Waals surface area contributed by atoms with Gasteiger partial charge in [0.15, 0.2) is 0 Å². The molecule has 1 aliphatic rings. The van der Waals surface area contributed by atoms with Crippen molar-refractivity contribution >= 4 is 16.9 Å². The number of pyridine rings is 1. The molecule has 3 aromatic heterocycles. The molecule has 0 unspecified atom stereocenters. The van der Waals surface area contributed by atoms with Crippen LogP contribution >= 0.6 is 0 Å². The lowest BCUT2D eigenvalue weighted by Crippen LogP contribution is -2.24. The number of nitrogens with zero attached hydrogens (tertiary/aromatic N) is 5. The smallest absolute Gasteiger partial charge is 0.475 e. The number of benzene rings is 1. The van der Waals surface area contributed by atoms with Crippen molar-refractivity contribution < 1.29 is 27.6 Å². The number of rotatable bonds is 3. The summed E-state index contributed by atoms with van der Waals surface area (Å²) in [4.78, 5) is 18.0. The van der Waals surface area contributed by atoms with Crippen molar-refractivity contribution in [1.82, 2.24) is 30.2 Å². The monoisotopic (exact) mass is 460 g/mol. The third kappa shape index (κ3) is 5.00. The predicted octanol–water partition coefficient (Wildman–Crippen LogP) is 3.12. The van der Waals surface area contributed by atoms with E-state index in [0.29, 0.717) is 18.3 Å². The molecule has 172 valence electrons. The topological polar surface area (TPSA) is 119 Å². The van der Waals surface area contributed by atoms with Gasteiger partial charge in [0.05, 0.1) is 5.52 Å². The maximum atomic E-state index is 10.6. The number of hydrogen-bond donors (Lipinski definition) is 2. The van der Waals surface area contributed by atoms with E-state index < -0.39 is 12.1 Å². The van der Waals surface area contributed by atoms with Gasteiger partial charge in [-0.15, -0.1) is 0 Å². The number of carboxylic acid groups (broad SMARTS) is 1. The van der Waals surface area contributed by atoms with Crippen LogP contribution in [0.1, 0.15) is 22.7 Å². The lowest BCUT2D eigenvalue weighted by atomic mass is 9.95. The molecule has 9 nitrogen and oxygen atoms in total. The van der Waals surface area contributed by atoms with Gasteiger partial charge in [-0.05, 0) is 37.1 Å². The summed E-state index contributed by atoms with van der Waals surface area (Å²) < 4.78 is 39.1. The number of carbonyl (C=O) groups is 1. The van der Waals surface area contributed by atoms with E-state index >= 15 is 0 Å². The second-order valence-corrected chi connectivity index (χ2v) is 7.35. The van der Waals surface area contributed by atoms with Crippen molar-refractivity contribution in [3.8, 4) is 11.4 Å². The molecule has 0 bridgehead atoms. The highest BCUT2D eigenvalue weighted by molar-refractivity contribution is 5.77. The fourth-order valence-electron chi connectivity index (χ4n) is 3.52. The highest BCUT2D eigenvalue weighted by Crippen LogP contribution is 2.28. The second kappa shape index (κ2) is 8.98. The number of fused-ring (bicyclic) bond motifs is 2. The number of nitrogens with one attached hydrogen (secondary N) is 1. The van der Waals surface area contributed by atoms with E-state index in [-0.39, 0.29) is 0 Å². The summed E-state index contributed by atoms with van der Waals surface area (Å²) in [5, 5.41) is 20.4. The molecule has 4 heterocycles. The molecule has 0 amide bonds. The minimum atomic E-state index is -5.08. The molecule has 1 aliphatic heterocycles. The zero-order valence-electron chi connectivity index (χ0n) is 17.4. The van der Waals surface area contributed by atoms with Crippen molar-refractivity contribution in [3.63, 3.8) is 0 Å². The summed E-state index contributed by atoms with van der Waals surface area (Å²) in [6.45, 7) is 4.23. The van der Waals surface area contributed by atoms with Crippen LogP contribution in [0.15, 0.2) is 41.2 Å². The molecule has 2 N–H and O–H groups in total. The van der Waals surface area contributed by atoms with Crippen molar-refractivity contribution in [2.45, 2.75) is 32.6 Å². The Labute approximate surface area is 185 Å². The molecule has 12 heteroatoms. The fraction of sp³-hybridized carbons (Fsp3) is 0.286. The molecule has 0 radical (unpaired) electrons. The Balaban J connectivity index is 0.000000325. The third-order valence-electron chi connectivity index (χ3n) is 5.02. The van der Waals surface area contributed by atoms with Crippen LogP contribution in [0, 0.1) is 6.92 Å². The highest BCUT2D eigenvalue weighted by atomic mass is 19.4. The van der Waals surface area contributed by atoms with Crippen LogP contribution in [-0.4, -0.2) is 48.7 Å². The zero-order valence-corrected chi connectivity index (χ0v) is 17.4. The van der Waals surface area contributed by atoms with Crippen molar-refractivity contribution in [3.05, 3.63) is 59.4 Å². The molecule has 0 spiro atoms. The van der Waals surface area contributed by atoms with E-state index in [4.69, 9.17) is 14.4 Å². The van der Waals surface area contributed by atoms with E-state index in [0.717, 1.165) is 41.7 Å². The number of aryl methyl sites for hydroxylation is 1. The zero-order chi connectivity index (χ0) is 23.6. The number of alkyl halides is 3. The maximum Gasteiger partial charge on any atom is 0.490 e. The van der Waals surface area contributed by atoms with E-state index in [9.17, 15) is 13.2 Å². The Bertz CT molecular complexity index is 1270. The lowest BCUT2D eigenvalue weighted by molar-refractivity contribution is -0.192. The van der Waals surface area contributed by atoms with E-state index in [2.05, 4.69) is 25.5 Å². The fourth-order valence-corrected chi connectivity index (χ4v) is 3.52. The van der Waals surface area contributed by atoms with Gasteiger partial charge in [0.25, 0.3) is 0 Å². The van der Waals surface area contributed by atoms with Gasteiger partial charge >= 0.3 is 12.1 Å². The van der Waals surface area contributed by atoms with Crippen LogP contribution < -0.4 is 5.32 Å². The first-order chi connectivity index (χ1) is 15.7. The Kier molecular flexibility index (Phi) is 6.09. The Morgan fingerprint density at radius 2 is 2.06 bits per heavy atom. The Morgan fingerprint density at radius 3 is 2.79 bits per heavy atom. The molecular weight excluding hydrogens is 441 g/mol. The standard InChI is InChI=1S/C19H18N6O.C2HF3O2/c1-12-18(15-6-7-20-8-14(15)9-21-12)19-22-17(26-24-19)11-25-10-13-4-2-3-5-16(13)23-25;3-2(4,5)1(6)7/h2-5,9-10,20H,6-8,11H2,1H3;(H,6,7). The van der Waals surface area contributed by atoms with E-state index in [1.54, 1.807) is 0 Å². The quantitative estimate of drug-likeness (QED) is 0.479. The number of aromatic nitrogens is 5.